The molecule has 0 spiro atoms. The topological polar surface area (TPSA) is 42.2 Å². The molecule has 0 bridgehead atoms. The molecule has 2 rings (SSSR count). The van der Waals surface area contributed by atoms with E-state index >= 15 is 0 Å². The van der Waals surface area contributed by atoms with E-state index < -0.39 is 0 Å². The average molecular weight is 238 g/mol. The first-order chi connectivity index (χ1) is 7.72. The Bertz CT molecular complexity index is 519. The number of carbonyl (C=O) groups excluding carboxylic acids is 1. The van der Waals surface area contributed by atoms with Crippen LogP contribution in [0.2, 0.25) is 0 Å². The molecule has 0 radical (unpaired) electrons. The summed E-state index contributed by atoms with van der Waals surface area (Å²) in [7, 11) is 0. The minimum Gasteiger partial charge on any atom is -0.461 e. The largest absolute Gasteiger partial charge is 0.461 e. The van der Waals surface area contributed by atoms with Gasteiger partial charge in [0.2, 0.25) is 5.91 Å². The highest BCUT2D eigenvalue weighted by molar-refractivity contribution is 6.27. The van der Waals surface area contributed by atoms with Crippen LogP contribution in [0.1, 0.15) is 11.3 Å². The monoisotopic (exact) mass is 237 g/mol. The van der Waals surface area contributed by atoms with Crippen LogP contribution in [0, 0.1) is 6.92 Å². The lowest BCUT2D eigenvalue weighted by molar-refractivity contribution is -0.118. The maximum atomic E-state index is 11.1. The van der Waals surface area contributed by atoms with Gasteiger partial charge in [-0.3, -0.25) is 4.79 Å². The molecule has 0 aliphatic carbocycles. The first kappa shape index (κ1) is 11.0. The summed E-state index contributed by atoms with van der Waals surface area (Å²) in [4.78, 5) is 11.1. The molecular formula is C12H12ClNO2. The number of halogens is 1. The van der Waals surface area contributed by atoms with Crippen molar-refractivity contribution in [2.75, 3.05) is 5.88 Å². The zero-order valence-electron chi connectivity index (χ0n) is 8.92. The van der Waals surface area contributed by atoms with Gasteiger partial charge in [-0.05, 0) is 13.0 Å². The van der Waals surface area contributed by atoms with E-state index in [-0.39, 0.29) is 11.8 Å². The number of furan rings is 1. The molecule has 0 saturated carbocycles. The summed E-state index contributed by atoms with van der Waals surface area (Å²) in [6.07, 6.45) is 0. The molecule has 16 heavy (non-hydrogen) atoms. The van der Waals surface area contributed by atoms with E-state index in [1.54, 1.807) is 0 Å². The van der Waals surface area contributed by atoms with Crippen LogP contribution in [0.4, 0.5) is 0 Å². The molecule has 1 heterocycles. The second-order valence-corrected chi connectivity index (χ2v) is 3.81. The molecule has 0 saturated heterocycles. The van der Waals surface area contributed by atoms with Gasteiger partial charge in [0.25, 0.3) is 0 Å². The van der Waals surface area contributed by atoms with Crippen molar-refractivity contribution in [3.63, 3.8) is 0 Å². The van der Waals surface area contributed by atoms with Crippen molar-refractivity contribution in [2.24, 2.45) is 0 Å². The van der Waals surface area contributed by atoms with Gasteiger partial charge in [0.1, 0.15) is 17.2 Å². The Kier molecular flexibility index (Phi) is 3.15. The zero-order valence-corrected chi connectivity index (χ0v) is 9.67. The lowest BCUT2D eigenvalue weighted by Crippen LogP contribution is -2.23. The molecule has 1 aromatic heterocycles. The van der Waals surface area contributed by atoms with E-state index in [9.17, 15) is 4.79 Å². The third-order valence-electron chi connectivity index (χ3n) is 2.48. The first-order valence-corrected chi connectivity index (χ1v) is 5.55. The number of hydrogen-bond donors (Lipinski definition) is 1. The minimum absolute atomic E-state index is 0.0190. The van der Waals surface area contributed by atoms with Crippen LogP contribution in [0.5, 0.6) is 0 Å². The Labute approximate surface area is 98.4 Å². The highest BCUT2D eigenvalue weighted by Gasteiger charge is 2.10. The maximum absolute atomic E-state index is 11.1. The Hall–Kier alpha value is -1.48. The van der Waals surface area contributed by atoms with E-state index in [0.717, 1.165) is 22.3 Å². The summed E-state index contributed by atoms with van der Waals surface area (Å²) in [5.74, 6) is 0.636. The normalized spacial score (nSPS) is 10.6. The molecular weight excluding hydrogens is 226 g/mol. The number of amides is 1. The number of aryl methyl sites for hydroxylation is 1. The Morgan fingerprint density at radius 2 is 2.19 bits per heavy atom. The lowest BCUT2D eigenvalue weighted by Gasteiger charge is -2.01. The maximum Gasteiger partial charge on any atom is 0.235 e. The van der Waals surface area contributed by atoms with E-state index in [0.29, 0.717) is 6.54 Å². The second-order valence-electron chi connectivity index (χ2n) is 3.54. The predicted molar refractivity (Wildman–Crippen MR) is 63.5 cm³/mol. The van der Waals surface area contributed by atoms with Gasteiger partial charge >= 0.3 is 0 Å². The molecule has 1 amide bonds. The van der Waals surface area contributed by atoms with Gasteiger partial charge in [0.05, 0.1) is 0 Å². The van der Waals surface area contributed by atoms with Crippen molar-refractivity contribution in [1.29, 1.82) is 0 Å². The molecule has 0 atom stereocenters. The number of carbonyl (C=O) groups is 1. The highest BCUT2D eigenvalue weighted by atomic mass is 35.5. The third kappa shape index (κ3) is 2.04. The van der Waals surface area contributed by atoms with Gasteiger partial charge in [0, 0.05) is 17.5 Å². The smallest absolute Gasteiger partial charge is 0.235 e. The molecule has 0 unspecified atom stereocenters. The fraction of sp³-hybridized carbons (Fsp3) is 0.250. The number of fused-ring (bicyclic) bond motifs is 1. The average Bonchev–Trinajstić information content (AvgIpc) is 2.62. The van der Waals surface area contributed by atoms with Gasteiger partial charge < -0.3 is 9.73 Å². The van der Waals surface area contributed by atoms with Crippen LogP contribution in [-0.2, 0) is 11.3 Å². The molecule has 0 aliphatic heterocycles. The van der Waals surface area contributed by atoms with E-state index in [1.165, 1.54) is 0 Å². The predicted octanol–water partition coefficient (Wildman–Crippen LogP) is 2.60. The quantitative estimate of drug-likeness (QED) is 0.834. The van der Waals surface area contributed by atoms with Crippen LogP contribution in [0.3, 0.4) is 0 Å². The highest BCUT2D eigenvalue weighted by Crippen LogP contribution is 2.24. The molecule has 0 aliphatic rings. The van der Waals surface area contributed by atoms with Gasteiger partial charge in [-0.1, -0.05) is 18.2 Å². The summed E-state index contributed by atoms with van der Waals surface area (Å²) >= 11 is 5.41. The number of alkyl halides is 1. The molecule has 4 heteroatoms. The van der Waals surface area contributed by atoms with Crippen LogP contribution >= 0.6 is 11.6 Å². The lowest BCUT2D eigenvalue weighted by atomic mass is 10.1. The molecule has 0 fully saturated rings. The van der Waals surface area contributed by atoms with E-state index in [2.05, 4.69) is 5.32 Å². The molecule has 1 aromatic carbocycles. The van der Waals surface area contributed by atoms with Gasteiger partial charge in [-0.15, -0.1) is 11.6 Å². The summed E-state index contributed by atoms with van der Waals surface area (Å²) in [5, 5.41) is 3.77. The third-order valence-corrected chi connectivity index (χ3v) is 2.73. The SMILES string of the molecule is Cc1oc2ccccc2c1CNC(=O)CCl. The Morgan fingerprint density at radius 3 is 2.94 bits per heavy atom. The van der Waals surface area contributed by atoms with Gasteiger partial charge in [-0.2, -0.15) is 0 Å². The number of benzene rings is 1. The molecule has 2 aromatic rings. The van der Waals surface area contributed by atoms with E-state index in [4.69, 9.17) is 16.0 Å². The molecule has 3 nitrogen and oxygen atoms in total. The second kappa shape index (κ2) is 4.58. The van der Waals surface area contributed by atoms with Crippen LogP contribution < -0.4 is 5.32 Å². The summed E-state index contributed by atoms with van der Waals surface area (Å²) in [6.45, 7) is 2.34. The van der Waals surface area contributed by atoms with Gasteiger partial charge in [-0.25, -0.2) is 0 Å². The van der Waals surface area contributed by atoms with Crippen molar-refractivity contribution in [3.8, 4) is 0 Å². The molecule has 84 valence electrons. The molecule has 1 N–H and O–H groups in total. The fourth-order valence-corrected chi connectivity index (χ4v) is 1.77. The number of para-hydroxylation sites is 1. The van der Waals surface area contributed by atoms with Crippen molar-refractivity contribution in [2.45, 2.75) is 13.5 Å². The number of rotatable bonds is 3. The van der Waals surface area contributed by atoms with E-state index in [1.807, 2.05) is 31.2 Å². The van der Waals surface area contributed by atoms with Crippen LogP contribution in [0.15, 0.2) is 28.7 Å². The van der Waals surface area contributed by atoms with Crippen molar-refractivity contribution >= 4 is 28.5 Å². The summed E-state index contributed by atoms with van der Waals surface area (Å²) < 4.78 is 5.58. The standard InChI is InChI=1S/C12H12ClNO2/c1-8-10(7-14-12(15)6-13)9-4-2-3-5-11(9)16-8/h2-5H,6-7H2,1H3,(H,14,15). The Morgan fingerprint density at radius 1 is 1.44 bits per heavy atom. The number of hydrogen-bond acceptors (Lipinski definition) is 2. The summed E-state index contributed by atoms with van der Waals surface area (Å²) in [5.41, 5.74) is 1.85. The van der Waals surface area contributed by atoms with Crippen molar-refractivity contribution in [1.82, 2.24) is 5.32 Å². The van der Waals surface area contributed by atoms with Gasteiger partial charge in [0.15, 0.2) is 0 Å². The van der Waals surface area contributed by atoms with Crippen LogP contribution in [0.25, 0.3) is 11.0 Å². The zero-order chi connectivity index (χ0) is 11.5. The fourth-order valence-electron chi connectivity index (χ4n) is 1.68. The number of nitrogens with one attached hydrogen (secondary N) is 1. The van der Waals surface area contributed by atoms with Crippen molar-refractivity contribution in [3.05, 3.63) is 35.6 Å². The minimum atomic E-state index is -0.175. The van der Waals surface area contributed by atoms with Crippen LogP contribution in [-0.4, -0.2) is 11.8 Å². The van der Waals surface area contributed by atoms with Crippen molar-refractivity contribution < 1.29 is 9.21 Å². The summed E-state index contributed by atoms with van der Waals surface area (Å²) in [6, 6.07) is 7.76. The Balaban J connectivity index is 2.29. The first-order valence-electron chi connectivity index (χ1n) is 5.02.